The average molecular weight is 409 g/mol. The molecule has 146 valence electrons. The molecule has 2 rings (SSSR count). The fraction of sp³-hybridized carbons (Fsp3) is 0.368. The minimum atomic E-state index is -0.967. The van der Waals surface area contributed by atoms with Crippen molar-refractivity contribution >= 4 is 35.5 Å². The first-order valence-electron chi connectivity index (χ1n) is 8.29. The van der Waals surface area contributed by atoms with Gasteiger partial charge in [0.15, 0.2) is 0 Å². The minimum Gasteiger partial charge on any atom is -0.477 e. The second-order valence-electron chi connectivity index (χ2n) is 5.27. The summed E-state index contributed by atoms with van der Waals surface area (Å²) in [6.45, 7) is 3.96. The Morgan fingerprint density at radius 1 is 0.926 bits per heavy atom. The van der Waals surface area contributed by atoms with E-state index >= 15 is 0 Å². The molecule has 0 spiro atoms. The summed E-state index contributed by atoms with van der Waals surface area (Å²) in [6, 6.07) is 7.23. The Balaban J connectivity index is 0.000000271. The van der Waals surface area contributed by atoms with Gasteiger partial charge < -0.3 is 9.84 Å². The van der Waals surface area contributed by atoms with Crippen molar-refractivity contribution in [2.45, 2.75) is 36.5 Å². The quantitative estimate of drug-likeness (QED) is 0.561. The number of thioether (sulfide) groups is 2. The van der Waals surface area contributed by atoms with Crippen LogP contribution in [0, 0.1) is 0 Å². The summed E-state index contributed by atoms with van der Waals surface area (Å²) in [5.74, 6) is -1.35. The van der Waals surface area contributed by atoms with E-state index in [1.807, 2.05) is 38.5 Å². The molecule has 0 radical (unpaired) electrons. The average Bonchev–Trinajstić information content (AvgIpc) is 2.72. The topological polar surface area (TPSA) is 89.4 Å². The third kappa shape index (κ3) is 7.22. The number of carboxylic acid groups (broad SMARTS) is 1. The zero-order chi connectivity index (χ0) is 20.4. The van der Waals surface area contributed by atoms with Crippen LogP contribution < -0.4 is 0 Å². The number of aryl methyl sites for hydroxylation is 2. The number of aromatic nitrogens is 2. The molecular formula is C19H24N2O4S2. The number of aromatic carboxylic acids is 1. The van der Waals surface area contributed by atoms with Crippen LogP contribution in [0.15, 0.2) is 34.1 Å². The normalized spacial score (nSPS) is 9.96. The number of hydrogen-bond donors (Lipinski definition) is 1. The van der Waals surface area contributed by atoms with Gasteiger partial charge in [-0.3, -0.25) is 0 Å². The summed E-state index contributed by atoms with van der Waals surface area (Å²) < 4.78 is 4.62. The van der Waals surface area contributed by atoms with E-state index in [0.29, 0.717) is 5.69 Å². The van der Waals surface area contributed by atoms with Gasteiger partial charge in [-0.25, -0.2) is 19.6 Å². The molecule has 0 unspecified atom stereocenters. The van der Waals surface area contributed by atoms with Crippen molar-refractivity contribution in [1.82, 2.24) is 9.97 Å². The lowest BCUT2D eigenvalue weighted by Gasteiger charge is -2.04. The van der Waals surface area contributed by atoms with Gasteiger partial charge >= 0.3 is 11.9 Å². The molecule has 0 amide bonds. The van der Waals surface area contributed by atoms with E-state index in [1.54, 1.807) is 23.9 Å². The van der Waals surface area contributed by atoms with Gasteiger partial charge in [-0.1, -0.05) is 13.8 Å². The molecule has 2 heterocycles. The van der Waals surface area contributed by atoms with E-state index < -0.39 is 5.97 Å². The predicted molar refractivity (Wildman–Crippen MR) is 109 cm³/mol. The smallest absolute Gasteiger partial charge is 0.356 e. The van der Waals surface area contributed by atoms with Crippen molar-refractivity contribution < 1.29 is 19.4 Å². The summed E-state index contributed by atoms with van der Waals surface area (Å²) in [6.07, 6.45) is 5.46. The van der Waals surface area contributed by atoms with Crippen LogP contribution in [0.1, 0.15) is 46.2 Å². The van der Waals surface area contributed by atoms with E-state index in [9.17, 15) is 9.59 Å². The summed E-state index contributed by atoms with van der Waals surface area (Å²) in [5, 5.41) is 8.75. The lowest BCUT2D eigenvalue weighted by atomic mass is 10.2. The van der Waals surface area contributed by atoms with Gasteiger partial charge in [0.25, 0.3) is 0 Å². The highest BCUT2D eigenvalue weighted by atomic mass is 32.2. The molecule has 2 aromatic rings. The number of nitrogens with zero attached hydrogens (tertiary/aromatic N) is 2. The number of ether oxygens (including phenoxy) is 1. The Hall–Kier alpha value is -2.06. The molecule has 8 heteroatoms. The third-order valence-corrected chi connectivity index (χ3v) is 4.93. The van der Waals surface area contributed by atoms with Crippen molar-refractivity contribution in [3.8, 4) is 0 Å². The van der Waals surface area contributed by atoms with Gasteiger partial charge in [-0.05, 0) is 49.6 Å². The highest BCUT2D eigenvalue weighted by Gasteiger charge is 2.09. The molecule has 0 fully saturated rings. The minimum absolute atomic E-state index is 0.128. The fourth-order valence-corrected chi connectivity index (χ4v) is 3.00. The van der Waals surface area contributed by atoms with Crippen LogP contribution in [0.25, 0.3) is 0 Å². The summed E-state index contributed by atoms with van der Waals surface area (Å²) in [5.41, 5.74) is 2.25. The fourth-order valence-electron chi connectivity index (χ4n) is 2.04. The van der Waals surface area contributed by atoms with Crippen LogP contribution in [0.4, 0.5) is 0 Å². The van der Waals surface area contributed by atoms with Gasteiger partial charge in [-0.2, -0.15) is 0 Å². The standard InChI is InChI=1S/C10H13NO2S.C9H11NO2S/c1-4-7-5-8(14-3)6-9(11-7)10(12)13-2;1-3-6-4-7(13-2)5-8(10-6)9(11)12/h5-6H,4H2,1-3H3;4-5H,3H2,1-2H3,(H,11,12). The van der Waals surface area contributed by atoms with Crippen LogP contribution in [0.2, 0.25) is 0 Å². The summed E-state index contributed by atoms with van der Waals surface area (Å²) in [4.78, 5) is 32.1. The number of carbonyl (C=O) groups is 2. The monoisotopic (exact) mass is 408 g/mol. The van der Waals surface area contributed by atoms with Crippen molar-refractivity contribution in [3.63, 3.8) is 0 Å². The van der Waals surface area contributed by atoms with E-state index in [1.165, 1.54) is 18.9 Å². The molecule has 0 saturated heterocycles. The Bertz CT molecular complexity index is 753. The molecule has 6 nitrogen and oxygen atoms in total. The molecule has 1 N–H and O–H groups in total. The Kier molecular flexibility index (Phi) is 9.88. The number of carboxylic acids is 1. The zero-order valence-corrected chi connectivity index (χ0v) is 17.7. The number of methoxy groups -OCH3 is 1. The van der Waals surface area contributed by atoms with Gasteiger partial charge in [0.05, 0.1) is 7.11 Å². The Labute approximate surface area is 168 Å². The maximum Gasteiger partial charge on any atom is 0.356 e. The molecule has 0 saturated carbocycles. The first kappa shape index (κ1) is 23.0. The molecule has 0 bridgehead atoms. The number of rotatable bonds is 6. The van der Waals surface area contributed by atoms with Crippen molar-refractivity contribution in [1.29, 1.82) is 0 Å². The summed E-state index contributed by atoms with van der Waals surface area (Å²) >= 11 is 3.12. The molecule has 27 heavy (non-hydrogen) atoms. The predicted octanol–water partition coefficient (Wildman–Crippen LogP) is 4.22. The van der Waals surface area contributed by atoms with Gasteiger partial charge in [0.2, 0.25) is 0 Å². The number of pyridine rings is 2. The molecule has 0 aromatic carbocycles. The van der Waals surface area contributed by atoms with Crippen LogP contribution in [-0.4, -0.2) is 46.6 Å². The lowest BCUT2D eigenvalue weighted by molar-refractivity contribution is 0.0592. The molecule has 2 aromatic heterocycles. The number of esters is 1. The second-order valence-corrected chi connectivity index (χ2v) is 7.03. The lowest BCUT2D eigenvalue weighted by Crippen LogP contribution is -2.06. The number of hydrogen-bond acceptors (Lipinski definition) is 7. The largest absolute Gasteiger partial charge is 0.477 e. The molecular weight excluding hydrogens is 384 g/mol. The highest BCUT2D eigenvalue weighted by molar-refractivity contribution is 7.98. The summed E-state index contributed by atoms with van der Waals surface area (Å²) in [7, 11) is 1.36. The van der Waals surface area contributed by atoms with Crippen molar-refractivity contribution in [2.75, 3.05) is 19.6 Å². The maximum absolute atomic E-state index is 11.3. The van der Waals surface area contributed by atoms with Gasteiger partial charge in [0, 0.05) is 21.2 Å². The first-order chi connectivity index (χ1) is 12.9. The van der Waals surface area contributed by atoms with Crippen LogP contribution in [-0.2, 0) is 17.6 Å². The van der Waals surface area contributed by atoms with Crippen molar-refractivity contribution in [3.05, 3.63) is 47.0 Å². The van der Waals surface area contributed by atoms with Crippen LogP contribution in [0.3, 0.4) is 0 Å². The SMILES string of the molecule is CCc1cc(SC)cc(C(=O)O)n1.CCc1cc(SC)cc(C(=O)OC)n1. The molecule has 0 aliphatic carbocycles. The van der Waals surface area contributed by atoms with Crippen molar-refractivity contribution in [2.24, 2.45) is 0 Å². The Morgan fingerprint density at radius 2 is 1.37 bits per heavy atom. The van der Waals surface area contributed by atoms with E-state index in [4.69, 9.17) is 5.11 Å². The number of carbonyl (C=O) groups excluding carboxylic acids is 1. The maximum atomic E-state index is 11.3. The van der Waals surface area contributed by atoms with Gasteiger partial charge in [-0.15, -0.1) is 23.5 Å². The first-order valence-corrected chi connectivity index (χ1v) is 10.7. The van der Waals surface area contributed by atoms with E-state index in [2.05, 4.69) is 14.7 Å². The second kappa shape index (κ2) is 11.6. The molecule has 0 aliphatic heterocycles. The Morgan fingerprint density at radius 3 is 1.74 bits per heavy atom. The van der Waals surface area contributed by atoms with E-state index in [-0.39, 0.29) is 11.7 Å². The van der Waals surface area contributed by atoms with Crippen LogP contribution >= 0.6 is 23.5 Å². The molecule has 0 aliphatic rings. The van der Waals surface area contributed by atoms with Crippen LogP contribution in [0.5, 0.6) is 0 Å². The van der Waals surface area contributed by atoms with E-state index in [0.717, 1.165) is 34.0 Å². The zero-order valence-electron chi connectivity index (χ0n) is 16.1. The third-order valence-electron chi connectivity index (χ3n) is 3.51. The van der Waals surface area contributed by atoms with Gasteiger partial charge in [0.1, 0.15) is 11.4 Å². The highest BCUT2D eigenvalue weighted by Crippen LogP contribution is 2.18. The molecule has 0 atom stereocenters.